The van der Waals surface area contributed by atoms with Gasteiger partial charge in [0.05, 0.1) is 6.42 Å². The molecule has 0 saturated carbocycles. The lowest BCUT2D eigenvalue weighted by Crippen LogP contribution is -2.22. The Hall–Kier alpha value is -2.95. The first-order valence-electron chi connectivity index (χ1n) is 8.17. The largest absolute Gasteiger partial charge is 0.508 e. The smallest absolute Gasteiger partial charge is 0.174 e. The summed E-state index contributed by atoms with van der Waals surface area (Å²) >= 11 is 0. The Morgan fingerprint density at radius 2 is 1.84 bits per heavy atom. The first kappa shape index (κ1) is 16.9. The maximum absolute atomic E-state index is 12.7. The zero-order chi connectivity index (χ0) is 18.1. The van der Waals surface area contributed by atoms with Crippen molar-refractivity contribution in [2.75, 3.05) is 0 Å². The van der Waals surface area contributed by atoms with E-state index in [1.807, 2.05) is 6.92 Å². The van der Waals surface area contributed by atoms with Crippen LogP contribution >= 0.6 is 0 Å². The van der Waals surface area contributed by atoms with Gasteiger partial charge in [-0.3, -0.25) is 4.79 Å². The van der Waals surface area contributed by atoms with Crippen LogP contribution in [0.4, 0.5) is 0 Å². The Morgan fingerprint density at radius 1 is 1.16 bits per heavy atom. The summed E-state index contributed by atoms with van der Waals surface area (Å²) in [6.45, 7) is 5.47. The highest BCUT2D eigenvalue weighted by atomic mass is 16.5. The highest BCUT2D eigenvalue weighted by Crippen LogP contribution is 2.48. The van der Waals surface area contributed by atoms with Crippen molar-refractivity contribution in [3.05, 3.63) is 59.2 Å². The van der Waals surface area contributed by atoms with Crippen LogP contribution in [0.1, 0.15) is 46.5 Å². The maximum Gasteiger partial charge on any atom is 0.174 e. The number of phenols is 3. The number of ether oxygens (including phenoxy) is 1. The molecule has 25 heavy (non-hydrogen) atoms. The SMILES string of the molecule is C=CCc1c(O)c(CC)c2c(c1O)C(=O)CC(c1ccc(O)cc1)O2. The van der Waals surface area contributed by atoms with Crippen molar-refractivity contribution >= 4 is 5.78 Å². The molecule has 5 nitrogen and oxygen atoms in total. The molecule has 0 radical (unpaired) electrons. The molecular weight excluding hydrogens is 320 g/mol. The zero-order valence-electron chi connectivity index (χ0n) is 14.0. The van der Waals surface area contributed by atoms with Gasteiger partial charge in [0, 0.05) is 11.1 Å². The number of hydrogen-bond acceptors (Lipinski definition) is 5. The van der Waals surface area contributed by atoms with Crippen LogP contribution in [0.5, 0.6) is 23.0 Å². The number of ketones is 1. The second kappa shape index (κ2) is 6.51. The molecule has 5 heteroatoms. The fourth-order valence-corrected chi connectivity index (χ4v) is 3.19. The number of Topliss-reactive ketones (excluding diaryl/α,β-unsaturated/α-hetero) is 1. The molecule has 2 aromatic rings. The van der Waals surface area contributed by atoms with E-state index in [1.54, 1.807) is 18.2 Å². The van der Waals surface area contributed by atoms with Gasteiger partial charge in [0.25, 0.3) is 0 Å². The molecule has 3 N–H and O–H groups in total. The van der Waals surface area contributed by atoms with Crippen LogP contribution in [0, 0.1) is 0 Å². The van der Waals surface area contributed by atoms with Crippen LogP contribution in [0.2, 0.25) is 0 Å². The Labute approximate surface area is 145 Å². The third-order valence-electron chi connectivity index (χ3n) is 4.47. The maximum atomic E-state index is 12.7. The number of benzene rings is 2. The second-order valence-corrected chi connectivity index (χ2v) is 6.03. The van der Waals surface area contributed by atoms with E-state index in [4.69, 9.17) is 4.74 Å². The quantitative estimate of drug-likeness (QED) is 0.737. The standard InChI is InChI=1S/C20H20O5/c1-3-5-14-18(23)13(4-2)20-17(19(14)24)15(22)10-16(25-20)11-6-8-12(21)9-7-11/h3,6-9,16,21,23-24H,1,4-5,10H2,2H3. The summed E-state index contributed by atoms with van der Waals surface area (Å²) in [6, 6.07) is 6.44. The molecule has 130 valence electrons. The number of carbonyl (C=O) groups excluding carboxylic acids is 1. The third-order valence-corrected chi connectivity index (χ3v) is 4.47. The molecule has 0 bridgehead atoms. The summed E-state index contributed by atoms with van der Waals surface area (Å²) in [5.74, 6) is -0.169. The molecule has 1 unspecified atom stereocenters. The number of carbonyl (C=O) groups is 1. The summed E-state index contributed by atoms with van der Waals surface area (Å²) in [5, 5.41) is 30.4. The summed E-state index contributed by atoms with van der Waals surface area (Å²) < 4.78 is 6.00. The third kappa shape index (κ3) is 2.82. The van der Waals surface area contributed by atoms with Gasteiger partial charge in [-0.15, -0.1) is 6.58 Å². The molecule has 0 amide bonds. The predicted octanol–water partition coefficient (Wildman–Crippen LogP) is 3.80. The highest BCUT2D eigenvalue weighted by Gasteiger charge is 2.35. The van der Waals surface area contributed by atoms with E-state index in [0.717, 1.165) is 5.56 Å². The number of fused-ring (bicyclic) bond motifs is 1. The van der Waals surface area contributed by atoms with E-state index in [-0.39, 0.29) is 47.2 Å². The average molecular weight is 340 g/mol. The normalized spacial score (nSPS) is 16.2. The molecule has 0 aromatic heterocycles. The van der Waals surface area contributed by atoms with Crippen molar-refractivity contribution < 1.29 is 24.9 Å². The van der Waals surface area contributed by atoms with Gasteiger partial charge >= 0.3 is 0 Å². The first-order valence-corrected chi connectivity index (χ1v) is 8.17. The van der Waals surface area contributed by atoms with Crippen molar-refractivity contribution in [2.24, 2.45) is 0 Å². The van der Waals surface area contributed by atoms with Gasteiger partial charge in [0.2, 0.25) is 0 Å². The van der Waals surface area contributed by atoms with Gasteiger partial charge in [0.15, 0.2) is 5.78 Å². The number of hydrogen-bond donors (Lipinski definition) is 3. The summed E-state index contributed by atoms with van der Waals surface area (Å²) in [6.07, 6.45) is 1.82. The molecular formula is C20H20O5. The molecule has 0 spiro atoms. The number of phenolic OH excluding ortho intramolecular Hbond substituents is 3. The molecule has 1 atom stereocenters. The molecule has 0 fully saturated rings. The predicted molar refractivity (Wildman–Crippen MR) is 93.5 cm³/mol. The second-order valence-electron chi connectivity index (χ2n) is 6.03. The van der Waals surface area contributed by atoms with Gasteiger partial charge in [-0.1, -0.05) is 25.1 Å². The first-order chi connectivity index (χ1) is 12.0. The van der Waals surface area contributed by atoms with E-state index in [2.05, 4.69) is 6.58 Å². The van der Waals surface area contributed by atoms with Crippen molar-refractivity contribution in [3.63, 3.8) is 0 Å². The molecule has 2 aromatic carbocycles. The minimum atomic E-state index is -0.532. The van der Waals surface area contributed by atoms with Crippen molar-refractivity contribution in [2.45, 2.75) is 32.3 Å². The lowest BCUT2D eigenvalue weighted by molar-refractivity contribution is 0.0842. The van der Waals surface area contributed by atoms with E-state index in [0.29, 0.717) is 17.5 Å². The minimum Gasteiger partial charge on any atom is -0.508 e. The summed E-state index contributed by atoms with van der Waals surface area (Å²) in [4.78, 5) is 12.7. The van der Waals surface area contributed by atoms with Gasteiger partial charge in [-0.25, -0.2) is 0 Å². The zero-order valence-corrected chi connectivity index (χ0v) is 14.0. The fraction of sp³-hybridized carbons (Fsp3) is 0.250. The summed E-state index contributed by atoms with van der Waals surface area (Å²) in [5.41, 5.74) is 1.67. The molecule has 1 aliphatic heterocycles. The topological polar surface area (TPSA) is 87.0 Å². The van der Waals surface area contributed by atoms with Crippen LogP contribution in [0.15, 0.2) is 36.9 Å². The van der Waals surface area contributed by atoms with Crippen LogP contribution in [-0.4, -0.2) is 21.1 Å². The van der Waals surface area contributed by atoms with Crippen LogP contribution in [0.3, 0.4) is 0 Å². The van der Waals surface area contributed by atoms with E-state index in [9.17, 15) is 20.1 Å². The van der Waals surface area contributed by atoms with E-state index < -0.39 is 6.10 Å². The van der Waals surface area contributed by atoms with Gasteiger partial charge in [0.1, 0.15) is 34.7 Å². The lowest BCUT2D eigenvalue weighted by Gasteiger charge is -2.29. The van der Waals surface area contributed by atoms with Crippen molar-refractivity contribution in [1.29, 1.82) is 0 Å². The Balaban J connectivity index is 2.13. The Kier molecular flexibility index (Phi) is 4.40. The number of rotatable bonds is 4. The van der Waals surface area contributed by atoms with Crippen LogP contribution in [-0.2, 0) is 12.8 Å². The van der Waals surface area contributed by atoms with Crippen molar-refractivity contribution in [1.82, 2.24) is 0 Å². The van der Waals surface area contributed by atoms with Gasteiger partial charge in [-0.05, 0) is 30.5 Å². The van der Waals surface area contributed by atoms with Crippen LogP contribution < -0.4 is 4.74 Å². The number of allylic oxidation sites excluding steroid dienone is 1. The van der Waals surface area contributed by atoms with E-state index in [1.165, 1.54) is 12.1 Å². The fourth-order valence-electron chi connectivity index (χ4n) is 3.19. The van der Waals surface area contributed by atoms with Crippen LogP contribution in [0.25, 0.3) is 0 Å². The Bertz CT molecular complexity index is 836. The molecule has 3 rings (SSSR count). The van der Waals surface area contributed by atoms with Gasteiger partial charge < -0.3 is 20.1 Å². The lowest BCUT2D eigenvalue weighted by atomic mass is 9.89. The average Bonchev–Trinajstić information content (AvgIpc) is 2.59. The number of aromatic hydroxyl groups is 3. The van der Waals surface area contributed by atoms with Crippen molar-refractivity contribution in [3.8, 4) is 23.0 Å². The molecule has 1 aliphatic rings. The van der Waals surface area contributed by atoms with E-state index >= 15 is 0 Å². The molecule has 0 aliphatic carbocycles. The monoisotopic (exact) mass is 340 g/mol. The summed E-state index contributed by atoms with van der Waals surface area (Å²) in [7, 11) is 0. The molecule has 1 heterocycles. The molecule has 0 saturated heterocycles. The Morgan fingerprint density at radius 3 is 2.44 bits per heavy atom. The minimum absolute atomic E-state index is 0.0576. The highest BCUT2D eigenvalue weighted by molar-refractivity contribution is 6.04. The van der Waals surface area contributed by atoms with Gasteiger partial charge in [-0.2, -0.15) is 0 Å².